The number of hydrogen-bond acceptors (Lipinski definition) is 1. The summed E-state index contributed by atoms with van der Waals surface area (Å²) < 4.78 is 0. The zero-order valence-corrected chi connectivity index (χ0v) is 15.3. The number of amides is 1. The number of allylic oxidation sites excluding steroid dienone is 2. The van der Waals surface area contributed by atoms with Crippen LogP contribution in [0, 0.1) is 16.7 Å². The minimum atomic E-state index is 0.0745. The van der Waals surface area contributed by atoms with Gasteiger partial charge < -0.3 is 4.90 Å². The van der Waals surface area contributed by atoms with Gasteiger partial charge in [-0.05, 0) is 55.1 Å². The van der Waals surface area contributed by atoms with Crippen LogP contribution in [0.5, 0.6) is 0 Å². The minimum Gasteiger partial charge on any atom is -0.314 e. The van der Waals surface area contributed by atoms with Gasteiger partial charge in [-0.1, -0.05) is 57.5 Å². The summed E-state index contributed by atoms with van der Waals surface area (Å²) >= 11 is 0. The lowest BCUT2D eigenvalue weighted by molar-refractivity contribution is -0.107. The molecular formula is C21H31NO. The summed E-state index contributed by atoms with van der Waals surface area (Å²) in [6.45, 7) is 12.4. The Balaban J connectivity index is 2.13. The van der Waals surface area contributed by atoms with Crippen LogP contribution in [0.15, 0.2) is 42.0 Å². The van der Waals surface area contributed by atoms with Crippen molar-refractivity contribution in [1.29, 1.82) is 0 Å². The fourth-order valence-electron chi connectivity index (χ4n) is 3.93. The molecule has 1 unspecified atom stereocenters. The lowest BCUT2D eigenvalue weighted by atomic mass is 9.63. The van der Waals surface area contributed by atoms with Gasteiger partial charge in [0.15, 0.2) is 0 Å². The molecule has 1 aromatic carbocycles. The van der Waals surface area contributed by atoms with E-state index in [0.29, 0.717) is 11.3 Å². The largest absolute Gasteiger partial charge is 0.314 e. The van der Waals surface area contributed by atoms with E-state index in [4.69, 9.17) is 0 Å². The number of hydrogen-bond donors (Lipinski definition) is 0. The van der Waals surface area contributed by atoms with Crippen LogP contribution in [0.25, 0.3) is 0 Å². The van der Waals surface area contributed by atoms with Gasteiger partial charge in [0.2, 0.25) is 6.41 Å². The fraction of sp³-hybridized carbons (Fsp3) is 0.571. The fourth-order valence-corrected chi connectivity index (χ4v) is 3.93. The van der Waals surface area contributed by atoms with Gasteiger partial charge in [0, 0.05) is 12.2 Å². The van der Waals surface area contributed by atoms with Gasteiger partial charge in [-0.2, -0.15) is 0 Å². The predicted octanol–water partition coefficient (Wildman–Crippen LogP) is 5.45. The summed E-state index contributed by atoms with van der Waals surface area (Å²) in [4.78, 5) is 13.4. The van der Waals surface area contributed by atoms with E-state index in [1.807, 2.05) is 35.2 Å². The first-order chi connectivity index (χ1) is 10.7. The summed E-state index contributed by atoms with van der Waals surface area (Å²) in [5, 5.41) is 0. The molecule has 23 heavy (non-hydrogen) atoms. The minimum absolute atomic E-state index is 0.0745. The molecule has 0 saturated carbocycles. The molecule has 1 atom stereocenters. The lowest BCUT2D eigenvalue weighted by Crippen LogP contribution is -2.38. The molecule has 1 aromatic rings. The van der Waals surface area contributed by atoms with Crippen molar-refractivity contribution in [2.75, 3.05) is 11.4 Å². The molecule has 0 bridgehead atoms. The van der Waals surface area contributed by atoms with Crippen LogP contribution in [0.1, 0.15) is 53.9 Å². The highest BCUT2D eigenvalue weighted by molar-refractivity contribution is 5.74. The van der Waals surface area contributed by atoms with Crippen molar-refractivity contribution in [3.63, 3.8) is 0 Å². The van der Waals surface area contributed by atoms with Crippen LogP contribution < -0.4 is 4.90 Å². The third-order valence-corrected chi connectivity index (χ3v) is 5.32. The van der Waals surface area contributed by atoms with Gasteiger partial charge in [-0.25, -0.2) is 0 Å². The third-order valence-electron chi connectivity index (χ3n) is 5.32. The monoisotopic (exact) mass is 313 g/mol. The smallest absolute Gasteiger partial charge is 0.214 e. The highest BCUT2D eigenvalue weighted by Gasteiger charge is 2.37. The summed E-state index contributed by atoms with van der Waals surface area (Å²) in [5.41, 5.74) is 2.91. The Morgan fingerprint density at radius 3 is 2.48 bits per heavy atom. The molecule has 126 valence electrons. The maximum absolute atomic E-state index is 11.6. The Bertz CT molecular complexity index is 556. The highest BCUT2D eigenvalue weighted by atomic mass is 16.1. The van der Waals surface area contributed by atoms with Gasteiger partial charge in [-0.15, -0.1) is 0 Å². The van der Waals surface area contributed by atoms with E-state index in [-0.39, 0.29) is 5.41 Å². The molecule has 0 radical (unpaired) electrons. The third kappa shape index (κ3) is 4.46. The lowest BCUT2D eigenvalue weighted by Gasteiger charge is -2.43. The summed E-state index contributed by atoms with van der Waals surface area (Å²) in [6, 6.07) is 9.95. The first-order valence-corrected chi connectivity index (χ1v) is 8.69. The Hall–Kier alpha value is -1.57. The van der Waals surface area contributed by atoms with Gasteiger partial charge >= 0.3 is 0 Å². The van der Waals surface area contributed by atoms with E-state index in [1.54, 1.807) is 0 Å². The van der Waals surface area contributed by atoms with Crippen LogP contribution in [-0.4, -0.2) is 13.0 Å². The van der Waals surface area contributed by atoms with E-state index < -0.39 is 0 Å². The number of nitrogens with zero attached hydrogens (tertiary/aromatic N) is 1. The van der Waals surface area contributed by atoms with Crippen LogP contribution in [0.3, 0.4) is 0 Å². The SMILES string of the molecule is CC1=CCCC(C)(C)C1CC(C)(C)CN(C=O)c1ccccc1. The van der Waals surface area contributed by atoms with Gasteiger partial charge in [0.05, 0.1) is 0 Å². The van der Waals surface area contributed by atoms with Gasteiger partial charge in [0.25, 0.3) is 0 Å². The number of benzene rings is 1. The Morgan fingerprint density at radius 2 is 1.91 bits per heavy atom. The maximum Gasteiger partial charge on any atom is 0.214 e. The summed E-state index contributed by atoms with van der Waals surface area (Å²) in [6.07, 6.45) is 6.92. The Morgan fingerprint density at radius 1 is 1.26 bits per heavy atom. The van der Waals surface area contributed by atoms with Crippen molar-refractivity contribution in [2.45, 2.75) is 53.9 Å². The van der Waals surface area contributed by atoms with Crippen molar-refractivity contribution in [1.82, 2.24) is 0 Å². The number of carbonyl (C=O) groups is 1. The van der Waals surface area contributed by atoms with Crippen molar-refractivity contribution in [3.8, 4) is 0 Å². The molecule has 0 fully saturated rings. The number of carbonyl (C=O) groups excluding carboxylic acids is 1. The molecule has 1 amide bonds. The van der Waals surface area contributed by atoms with Crippen molar-refractivity contribution < 1.29 is 4.79 Å². The molecule has 2 nitrogen and oxygen atoms in total. The summed E-state index contributed by atoms with van der Waals surface area (Å²) in [7, 11) is 0. The second kappa shape index (κ2) is 6.90. The standard InChI is InChI=1S/C21H31NO/c1-17-10-9-13-21(4,5)19(17)14-20(2,3)15-22(16-23)18-11-7-6-8-12-18/h6-8,10-12,16,19H,9,13-15H2,1-5H3. The number of para-hydroxylation sites is 1. The van der Waals surface area contributed by atoms with E-state index in [0.717, 1.165) is 25.1 Å². The van der Waals surface area contributed by atoms with Gasteiger partial charge in [0.1, 0.15) is 0 Å². The van der Waals surface area contributed by atoms with E-state index in [1.165, 1.54) is 18.4 Å². The van der Waals surface area contributed by atoms with Crippen molar-refractivity contribution in [3.05, 3.63) is 42.0 Å². The molecule has 0 saturated heterocycles. The second-order valence-electron chi connectivity index (χ2n) is 8.47. The van der Waals surface area contributed by atoms with Crippen LogP contribution in [-0.2, 0) is 4.79 Å². The molecular weight excluding hydrogens is 282 g/mol. The molecule has 0 heterocycles. The van der Waals surface area contributed by atoms with E-state index in [9.17, 15) is 4.79 Å². The second-order valence-corrected chi connectivity index (χ2v) is 8.47. The molecule has 2 rings (SSSR count). The molecule has 2 heteroatoms. The maximum atomic E-state index is 11.6. The number of anilines is 1. The predicted molar refractivity (Wildman–Crippen MR) is 98.5 cm³/mol. The average molecular weight is 313 g/mol. The molecule has 1 aliphatic rings. The van der Waals surface area contributed by atoms with E-state index in [2.05, 4.69) is 40.7 Å². The van der Waals surface area contributed by atoms with Crippen LogP contribution in [0.4, 0.5) is 5.69 Å². The van der Waals surface area contributed by atoms with Crippen molar-refractivity contribution in [2.24, 2.45) is 16.7 Å². The summed E-state index contributed by atoms with van der Waals surface area (Å²) in [5.74, 6) is 0.593. The molecule has 1 aliphatic carbocycles. The molecule has 0 N–H and O–H groups in total. The Kier molecular flexibility index (Phi) is 5.33. The quantitative estimate of drug-likeness (QED) is 0.505. The molecule has 0 aliphatic heterocycles. The van der Waals surface area contributed by atoms with Crippen molar-refractivity contribution >= 4 is 12.1 Å². The van der Waals surface area contributed by atoms with Crippen LogP contribution >= 0.6 is 0 Å². The zero-order chi connectivity index (χ0) is 17.1. The highest BCUT2D eigenvalue weighted by Crippen LogP contribution is 2.46. The molecule has 0 aromatic heterocycles. The zero-order valence-electron chi connectivity index (χ0n) is 15.3. The average Bonchev–Trinajstić information content (AvgIpc) is 2.49. The van der Waals surface area contributed by atoms with Gasteiger partial charge in [-0.3, -0.25) is 4.79 Å². The Labute approximate surface area is 141 Å². The first-order valence-electron chi connectivity index (χ1n) is 8.69. The first kappa shape index (κ1) is 17.8. The normalized spacial score (nSPS) is 20.7. The number of rotatable bonds is 6. The van der Waals surface area contributed by atoms with E-state index >= 15 is 0 Å². The van der Waals surface area contributed by atoms with Crippen LogP contribution in [0.2, 0.25) is 0 Å². The topological polar surface area (TPSA) is 20.3 Å². The molecule has 0 spiro atoms.